The van der Waals surface area contributed by atoms with Gasteiger partial charge >= 0.3 is 12.1 Å². The van der Waals surface area contributed by atoms with Gasteiger partial charge in [0.25, 0.3) is 5.56 Å². The first kappa shape index (κ1) is 37.4. The molecule has 1 saturated heterocycles. The van der Waals surface area contributed by atoms with Crippen molar-refractivity contribution in [2.75, 3.05) is 19.6 Å². The first-order valence-electron chi connectivity index (χ1n) is 17.4. The van der Waals surface area contributed by atoms with Crippen molar-refractivity contribution in [2.45, 2.75) is 104 Å². The zero-order valence-corrected chi connectivity index (χ0v) is 29.2. The maximum atomic E-state index is 16.8. The van der Waals surface area contributed by atoms with Gasteiger partial charge in [-0.2, -0.15) is 13.2 Å². The number of pyridine rings is 1. The highest BCUT2D eigenvalue weighted by molar-refractivity contribution is 5.84. The largest absolute Gasteiger partial charge is 0.481 e. The summed E-state index contributed by atoms with van der Waals surface area (Å²) in [4.78, 5) is 41.9. The van der Waals surface area contributed by atoms with E-state index in [0.29, 0.717) is 23.6 Å². The number of carbonyl (C=O) groups is 2. The van der Waals surface area contributed by atoms with Crippen LogP contribution in [0, 0.1) is 38.3 Å². The first-order chi connectivity index (χ1) is 23.5. The highest BCUT2D eigenvalue weighted by Gasteiger charge is 2.41. The van der Waals surface area contributed by atoms with E-state index in [-0.39, 0.29) is 23.8 Å². The van der Waals surface area contributed by atoms with Gasteiger partial charge in [-0.25, -0.2) is 8.78 Å². The Morgan fingerprint density at radius 3 is 2.22 bits per heavy atom. The summed E-state index contributed by atoms with van der Waals surface area (Å²) in [5.41, 5.74) is -0.0780. The van der Waals surface area contributed by atoms with E-state index >= 15 is 8.78 Å². The summed E-state index contributed by atoms with van der Waals surface area (Å²) in [6.45, 7) is 11.5. The molecule has 0 spiro atoms. The summed E-state index contributed by atoms with van der Waals surface area (Å²) in [6, 6.07) is 4.31. The number of carbonyl (C=O) groups excluding carboxylic acids is 1. The number of likely N-dealkylation sites (tertiary alicyclic amines) is 1. The predicted octanol–water partition coefficient (Wildman–Crippen LogP) is 8.67. The zero-order chi connectivity index (χ0) is 36.7. The van der Waals surface area contributed by atoms with E-state index in [2.05, 4.69) is 4.90 Å². The Balaban J connectivity index is 1.62. The third-order valence-corrected chi connectivity index (χ3v) is 10.3. The van der Waals surface area contributed by atoms with Crippen LogP contribution in [0.15, 0.2) is 35.3 Å². The van der Waals surface area contributed by atoms with Crippen molar-refractivity contribution in [3.05, 3.63) is 91.4 Å². The van der Waals surface area contributed by atoms with Crippen LogP contribution in [0.2, 0.25) is 0 Å². The summed E-state index contributed by atoms with van der Waals surface area (Å²) in [7, 11) is 0. The molecule has 1 unspecified atom stereocenters. The Morgan fingerprint density at radius 1 is 0.980 bits per heavy atom. The number of alkyl halides is 3. The molecule has 50 heavy (non-hydrogen) atoms. The third kappa shape index (κ3) is 8.03. The number of nitrogens with zero attached hydrogens (tertiary/aromatic N) is 2. The van der Waals surface area contributed by atoms with Gasteiger partial charge in [-0.3, -0.25) is 14.4 Å². The van der Waals surface area contributed by atoms with Gasteiger partial charge < -0.3 is 14.6 Å². The lowest BCUT2D eigenvalue weighted by atomic mass is 9.82. The van der Waals surface area contributed by atoms with Crippen LogP contribution in [0.3, 0.4) is 0 Å². The molecule has 0 radical (unpaired) electrons. The van der Waals surface area contributed by atoms with Gasteiger partial charge in [0, 0.05) is 42.3 Å². The van der Waals surface area contributed by atoms with Crippen molar-refractivity contribution in [1.29, 1.82) is 0 Å². The van der Waals surface area contributed by atoms with Crippen molar-refractivity contribution in [3.8, 4) is 11.1 Å². The second-order valence-electron chi connectivity index (χ2n) is 14.5. The van der Waals surface area contributed by atoms with E-state index in [1.165, 1.54) is 10.6 Å². The van der Waals surface area contributed by atoms with Gasteiger partial charge in [0.1, 0.15) is 11.6 Å². The standard InChI is InChI=1S/C39H45F5N2O4/c1-21(2)15-31(46-20-26(23(4)16-33(46)48)11-14-45-12-6-13-45)32(47)17-27(18-34(49)50)36-37(40)29(19-30(38(36)41)39(42,43)44)35-22(3)7-10-28(24(35)5)25-8-9-25/h7,10,16,19-21,25,27,31H,6,8-9,11-15,17-18H2,1-5H3,(H,49,50)/t27-,31?/m0/s1. The molecule has 6 nitrogen and oxygen atoms in total. The zero-order valence-electron chi connectivity index (χ0n) is 29.2. The summed E-state index contributed by atoms with van der Waals surface area (Å²) < 4.78 is 77.4. The number of hydrogen-bond acceptors (Lipinski definition) is 4. The summed E-state index contributed by atoms with van der Waals surface area (Å²) in [5, 5.41) is 9.85. The summed E-state index contributed by atoms with van der Waals surface area (Å²) in [5.74, 6) is -7.21. The number of benzene rings is 2. The lowest BCUT2D eigenvalue weighted by molar-refractivity contribution is -0.140. The number of carboxylic acids is 1. The van der Waals surface area contributed by atoms with Gasteiger partial charge in [-0.05, 0) is 117 Å². The highest BCUT2D eigenvalue weighted by Crippen LogP contribution is 2.47. The van der Waals surface area contributed by atoms with E-state index in [0.717, 1.165) is 55.6 Å². The van der Waals surface area contributed by atoms with Crippen molar-refractivity contribution in [2.24, 2.45) is 5.92 Å². The number of Topliss-reactive ketones (excluding diaryl/α,β-unsaturated/α-hetero) is 1. The normalized spacial score (nSPS) is 16.4. The molecule has 2 atom stereocenters. The Morgan fingerprint density at radius 2 is 1.66 bits per heavy atom. The van der Waals surface area contributed by atoms with Crippen LogP contribution >= 0.6 is 0 Å². The van der Waals surface area contributed by atoms with Crippen LogP contribution in [0.5, 0.6) is 0 Å². The fourth-order valence-electron chi connectivity index (χ4n) is 7.31. The second-order valence-corrected chi connectivity index (χ2v) is 14.5. The van der Waals surface area contributed by atoms with Gasteiger partial charge in [-0.1, -0.05) is 26.0 Å². The van der Waals surface area contributed by atoms with E-state index in [4.69, 9.17) is 0 Å². The van der Waals surface area contributed by atoms with E-state index in [9.17, 15) is 32.7 Å². The molecule has 270 valence electrons. The SMILES string of the molecule is Cc1cc(=O)n(C(CC(C)C)C(=O)C[C@@H](CC(=O)O)c2c(F)c(-c3c(C)ccc(C4CC4)c3C)cc(C(F)(F)F)c2F)cc1CCN1CCC1. The number of aryl methyl sites for hydroxylation is 2. The first-order valence-corrected chi connectivity index (χ1v) is 17.4. The smallest absolute Gasteiger partial charge is 0.419 e. The second kappa shape index (κ2) is 14.8. The lowest BCUT2D eigenvalue weighted by Crippen LogP contribution is -2.38. The lowest BCUT2D eigenvalue weighted by Gasteiger charge is -2.31. The Hall–Kier alpha value is -3.86. The predicted molar refractivity (Wildman–Crippen MR) is 182 cm³/mol. The number of aliphatic carboxylic acids is 1. The topological polar surface area (TPSA) is 79.6 Å². The van der Waals surface area contributed by atoms with Gasteiger partial charge in [0.05, 0.1) is 18.0 Å². The van der Waals surface area contributed by atoms with Crippen LogP contribution in [-0.4, -0.2) is 46.0 Å². The number of aromatic nitrogens is 1. The quantitative estimate of drug-likeness (QED) is 0.170. The fraction of sp³-hybridized carbons (Fsp3) is 0.513. The molecule has 2 aliphatic rings. The molecule has 1 aliphatic heterocycles. The molecule has 1 aromatic heterocycles. The van der Waals surface area contributed by atoms with Crippen molar-refractivity contribution >= 4 is 11.8 Å². The van der Waals surface area contributed by atoms with Gasteiger partial charge in [-0.15, -0.1) is 0 Å². The summed E-state index contributed by atoms with van der Waals surface area (Å²) in [6.07, 6.45) is -1.74. The fourth-order valence-corrected chi connectivity index (χ4v) is 7.31. The number of halogens is 5. The van der Waals surface area contributed by atoms with Gasteiger partial charge in [0.2, 0.25) is 0 Å². The average Bonchev–Trinajstić information content (AvgIpc) is 3.82. The minimum atomic E-state index is -5.24. The Labute approximate surface area is 289 Å². The molecular formula is C39H45F5N2O4. The number of hydrogen-bond donors (Lipinski definition) is 1. The molecule has 1 N–H and O–H groups in total. The molecular weight excluding hydrogens is 655 g/mol. The highest BCUT2D eigenvalue weighted by atomic mass is 19.4. The van der Waals surface area contributed by atoms with Crippen molar-refractivity contribution < 1.29 is 36.6 Å². The number of carboxylic acid groups (broad SMARTS) is 1. The number of rotatable bonds is 14. The van der Waals surface area contributed by atoms with Crippen LogP contribution < -0.4 is 5.56 Å². The van der Waals surface area contributed by atoms with Crippen LogP contribution in [0.1, 0.15) is 109 Å². The maximum absolute atomic E-state index is 16.8. The maximum Gasteiger partial charge on any atom is 0.419 e. The van der Waals surface area contributed by atoms with Crippen LogP contribution in [0.25, 0.3) is 11.1 Å². The Kier molecular flexibility index (Phi) is 11.1. The molecule has 11 heteroatoms. The third-order valence-electron chi connectivity index (χ3n) is 10.3. The van der Waals surface area contributed by atoms with E-state index in [1.807, 2.05) is 19.9 Å². The number of ketones is 1. The Bertz CT molecular complexity index is 1840. The average molecular weight is 701 g/mol. The summed E-state index contributed by atoms with van der Waals surface area (Å²) >= 11 is 0. The molecule has 0 amide bonds. The molecule has 2 fully saturated rings. The molecule has 0 bridgehead atoms. The van der Waals surface area contributed by atoms with E-state index in [1.54, 1.807) is 33.0 Å². The minimum Gasteiger partial charge on any atom is -0.481 e. The minimum absolute atomic E-state index is 0.127. The molecule has 1 saturated carbocycles. The van der Waals surface area contributed by atoms with Crippen molar-refractivity contribution in [3.63, 3.8) is 0 Å². The van der Waals surface area contributed by atoms with Crippen LogP contribution in [-0.2, 0) is 22.2 Å². The molecule has 2 heterocycles. The molecule has 2 aromatic carbocycles. The van der Waals surface area contributed by atoms with E-state index < -0.39 is 76.6 Å². The monoisotopic (exact) mass is 700 g/mol. The molecule has 5 rings (SSSR count). The molecule has 1 aliphatic carbocycles. The van der Waals surface area contributed by atoms with Crippen LogP contribution in [0.4, 0.5) is 22.0 Å². The molecule has 3 aromatic rings. The van der Waals surface area contributed by atoms with Crippen molar-refractivity contribution in [1.82, 2.24) is 9.47 Å². The van der Waals surface area contributed by atoms with Gasteiger partial charge in [0.15, 0.2) is 5.78 Å².